The van der Waals surface area contributed by atoms with Crippen LogP contribution >= 0.6 is 39.3 Å². The molecule has 0 aliphatic carbocycles. The molecule has 2 aromatic carbocycles. The van der Waals surface area contributed by atoms with Crippen LogP contribution in [0, 0.1) is 0 Å². The highest BCUT2D eigenvalue weighted by molar-refractivity contribution is 9.10. The smallest absolute Gasteiger partial charge is 0.293 e. The van der Waals surface area contributed by atoms with Crippen LogP contribution in [-0.2, 0) is 11.3 Å². The fraction of sp³-hybridized carbons (Fsp3) is 0.273. The zero-order valence-corrected chi connectivity index (χ0v) is 20.4. The largest absolute Gasteiger partial charge is 0.490 e. The van der Waals surface area contributed by atoms with E-state index in [0.29, 0.717) is 61.7 Å². The molecule has 1 saturated heterocycles. The molecule has 32 heavy (non-hydrogen) atoms. The average molecular weight is 541 g/mol. The third kappa shape index (κ3) is 4.55. The van der Waals surface area contributed by atoms with Gasteiger partial charge in [0.05, 0.1) is 29.1 Å². The lowest BCUT2D eigenvalue weighted by molar-refractivity contribution is -0.123. The summed E-state index contributed by atoms with van der Waals surface area (Å²) in [6.45, 7) is 4.86. The van der Waals surface area contributed by atoms with Gasteiger partial charge in [-0.05, 0) is 76.9 Å². The molecule has 0 spiro atoms. The number of carbonyl (C=O) groups is 2. The second-order valence-electron chi connectivity index (χ2n) is 6.76. The summed E-state index contributed by atoms with van der Waals surface area (Å²) in [6, 6.07) is 6.91. The standard InChI is InChI=1S/C22H19BrClNO6S/c1-3-28-18-6-12(5-14(23)20(18)29-4-2)7-19-21(26)25(22(27)32-19)10-13-8-16-17(9-15(13)24)31-11-30-16/h5-9H,3-4,10-11H2,1-2H3/b19-7+. The molecule has 0 bridgehead atoms. The maximum Gasteiger partial charge on any atom is 0.293 e. The number of fused-ring (bicyclic) bond motifs is 1. The van der Waals surface area contributed by atoms with Crippen molar-refractivity contribution in [2.24, 2.45) is 0 Å². The van der Waals surface area contributed by atoms with Crippen LogP contribution in [0.4, 0.5) is 4.79 Å². The fourth-order valence-electron chi connectivity index (χ4n) is 3.26. The number of carbonyl (C=O) groups excluding carboxylic acids is 2. The molecule has 7 nitrogen and oxygen atoms in total. The molecule has 2 aliphatic heterocycles. The van der Waals surface area contributed by atoms with Gasteiger partial charge in [-0.1, -0.05) is 11.6 Å². The van der Waals surface area contributed by atoms with Gasteiger partial charge in [-0.15, -0.1) is 0 Å². The van der Waals surface area contributed by atoms with Gasteiger partial charge < -0.3 is 18.9 Å². The van der Waals surface area contributed by atoms with Gasteiger partial charge in [0.1, 0.15) is 0 Å². The average Bonchev–Trinajstić information content (AvgIpc) is 3.30. The summed E-state index contributed by atoms with van der Waals surface area (Å²) >= 11 is 10.7. The van der Waals surface area contributed by atoms with Gasteiger partial charge in [-0.3, -0.25) is 14.5 Å². The Hall–Kier alpha value is -2.36. The van der Waals surface area contributed by atoms with Gasteiger partial charge in [0.25, 0.3) is 11.1 Å². The molecule has 2 aliphatic rings. The van der Waals surface area contributed by atoms with E-state index in [1.165, 1.54) is 0 Å². The van der Waals surface area contributed by atoms with E-state index in [0.717, 1.165) is 16.7 Å². The van der Waals surface area contributed by atoms with Crippen molar-refractivity contribution in [2.75, 3.05) is 20.0 Å². The van der Waals surface area contributed by atoms with Gasteiger partial charge in [-0.25, -0.2) is 0 Å². The van der Waals surface area contributed by atoms with E-state index < -0.39 is 5.91 Å². The number of hydrogen-bond donors (Lipinski definition) is 0. The SMILES string of the molecule is CCOc1cc(/C=C2/SC(=O)N(Cc3cc4c(cc3Cl)OCO4)C2=O)cc(Br)c1OCC. The minimum Gasteiger partial charge on any atom is -0.490 e. The van der Waals surface area contributed by atoms with Crippen LogP contribution in [0.5, 0.6) is 23.0 Å². The number of amides is 2. The molecule has 0 aromatic heterocycles. The van der Waals surface area contributed by atoms with E-state index in [1.807, 2.05) is 19.9 Å². The maximum atomic E-state index is 13.0. The van der Waals surface area contributed by atoms with E-state index >= 15 is 0 Å². The number of ether oxygens (including phenoxy) is 4. The van der Waals surface area contributed by atoms with Crippen molar-refractivity contribution < 1.29 is 28.5 Å². The Morgan fingerprint density at radius 1 is 1.12 bits per heavy atom. The topological polar surface area (TPSA) is 74.3 Å². The predicted octanol–water partition coefficient (Wildman–Crippen LogP) is 5.87. The minimum atomic E-state index is -0.392. The molecule has 2 heterocycles. The van der Waals surface area contributed by atoms with Crippen LogP contribution in [0.25, 0.3) is 6.08 Å². The molecule has 0 atom stereocenters. The molecule has 2 amide bonds. The second-order valence-corrected chi connectivity index (χ2v) is 9.02. The monoisotopic (exact) mass is 539 g/mol. The summed E-state index contributed by atoms with van der Waals surface area (Å²) in [5.74, 6) is 1.84. The Bertz CT molecular complexity index is 1120. The lowest BCUT2D eigenvalue weighted by Crippen LogP contribution is -2.27. The number of benzene rings is 2. The Kier molecular flexibility index (Phi) is 6.88. The third-order valence-corrected chi connectivity index (χ3v) is 6.51. The highest BCUT2D eigenvalue weighted by atomic mass is 79.9. The summed E-state index contributed by atoms with van der Waals surface area (Å²) in [5, 5.41) is 0.0269. The number of nitrogens with zero attached hydrogens (tertiary/aromatic N) is 1. The van der Waals surface area contributed by atoms with E-state index in [1.54, 1.807) is 24.3 Å². The Labute approximate surface area is 202 Å². The molecule has 2 aromatic rings. The normalized spacial score (nSPS) is 16.2. The van der Waals surface area contributed by atoms with E-state index in [2.05, 4.69) is 15.9 Å². The molecule has 0 N–H and O–H groups in total. The number of thioether (sulfide) groups is 1. The first-order valence-corrected chi connectivity index (χ1v) is 11.8. The van der Waals surface area contributed by atoms with Gasteiger partial charge >= 0.3 is 0 Å². The summed E-state index contributed by atoms with van der Waals surface area (Å²) in [4.78, 5) is 27.0. The lowest BCUT2D eigenvalue weighted by atomic mass is 10.1. The second kappa shape index (κ2) is 9.64. The summed E-state index contributed by atoms with van der Waals surface area (Å²) in [7, 11) is 0. The molecular formula is C22H19BrClNO6S. The minimum absolute atomic E-state index is 0.0364. The van der Waals surface area contributed by atoms with Crippen LogP contribution in [0.3, 0.4) is 0 Å². The number of halogens is 2. The van der Waals surface area contributed by atoms with E-state index in [-0.39, 0.29) is 18.6 Å². The van der Waals surface area contributed by atoms with Crippen molar-refractivity contribution in [1.82, 2.24) is 4.90 Å². The zero-order chi connectivity index (χ0) is 22.8. The third-order valence-electron chi connectivity index (χ3n) is 4.66. The van der Waals surface area contributed by atoms with Gasteiger partial charge in [0, 0.05) is 11.1 Å². The number of imide groups is 1. The van der Waals surface area contributed by atoms with Crippen molar-refractivity contribution in [1.29, 1.82) is 0 Å². The molecule has 168 valence electrons. The van der Waals surface area contributed by atoms with Crippen LogP contribution < -0.4 is 18.9 Å². The lowest BCUT2D eigenvalue weighted by Gasteiger charge is -2.14. The Balaban J connectivity index is 1.59. The van der Waals surface area contributed by atoms with Crippen molar-refractivity contribution in [3.05, 3.63) is 49.8 Å². The highest BCUT2D eigenvalue weighted by Crippen LogP contribution is 2.41. The van der Waals surface area contributed by atoms with Crippen molar-refractivity contribution in [3.63, 3.8) is 0 Å². The van der Waals surface area contributed by atoms with E-state index in [9.17, 15) is 9.59 Å². The van der Waals surface area contributed by atoms with Crippen molar-refractivity contribution >= 4 is 56.5 Å². The van der Waals surface area contributed by atoms with Gasteiger partial charge in [0.15, 0.2) is 23.0 Å². The molecule has 4 rings (SSSR count). The first-order valence-electron chi connectivity index (χ1n) is 9.83. The van der Waals surface area contributed by atoms with Crippen LogP contribution in [0.1, 0.15) is 25.0 Å². The molecule has 0 saturated carbocycles. The summed E-state index contributed by atoms with van der Waals surface area (Å²) in [6.07, 6.45) is 1.66. The number of hydrogen-bond acceptors (Lipinski definition) is 7. The number of rotatable bonds is 7. The Morgan fingerprint density at radius 3 is 2.56 bits per heavy atom. The van der Waals surface area contributed by atoms with Gasteiger partial charge in [-0.2, -0.15) is 0 Å². The predicted molar refractivity (Wildman–Crippen MR) is 126 cm³/mol. The maximum absolute atomic E-state index is 13.0. The summed E-state index contributed by atoms with van der Waals surface area (Å²) in [5.41, 5.74) is 1.30. The first-order chi connectivity index (χ1) is 15.4. The zero-order valence-electron chi connectivity index (χ0n) is 17.3. The quantitative estimate of drug-likeness (QED) is 0.407. The molecular weight excluding hydrogens is 522 g/mol. The van der Waals surface area contributed by atoms with Crippen LogP contribution in [-0.4, -0.2) is 36.1 Å². The molecule has 0 unspecified atom stereocenters. The van der Waals surface area contributed by atoms with Crippen molar-refractivity contribution in [2.45, 2.75) is 20.4 Å². The van der Waals surface area contributed by atoms with Crippen LogP contribution in [0.2, 0.25) is 5.02 Å². The molecule has 1 fully saturated rings. The highest BCUT2D eigenvalue weighted by Gasteiger charge is 2.36. The fourth-order valence-corrected chi connectivity index (χ4v) is 4.88. The Morgan fingerprint density at radius 2 is 1.84 bits per heavy atom. The van der Waals surface area contributed by atoms with E-state index in [4.69, 9.17) is 30.5 Å². The van der Waals surface area contributed by atoms with Crippen molar-refractivity contribution in [3.8, 4) is 23.0 Å². The van der Waals surface area contributed by atoms with Gasteiger partial charge in [0.2, 0.25) is 6.79 Å². The first kappa shape index (κ1) is 22.8. The summed E-state index contributed by atoms with van der Waals surface area (Å²) < 4.78 is 22.7. The molecule has 0 radical (unpaired) electrons. The van der Waals surface area contributed by atoms with Crippen LogP contribution in [0.15, 0.2) is 33.6 Å². The molecule has 10 heteroatoms.